The van der Waals surface area contributed by atoms with Gasteiger partial charge < -0.3 is 4.74 Å². The molecule has 0 radical (unpaired) electrons. The molecule has 0 aliphatic carbocycles. The van der Waals surface area contributed by atoms with Gasteiger partial charge in [-0.15, -0.1) is 0 Å². The lowest BCUT2D eigenvalue weighted by atomic mass is 10.2. The molecule has 2 aromatic carbocycles. The molecular weight excluding hydrogens is 396 g/mol. The maximum atomic E-state index is 12.6. The lowest BCUT2D eigenvalue weighted by molar-refractivity contribution is 0.306. The van der Waals surface area contributed by atoms with Crippen LogP contribution in [0.5, 0.6) is 5.75 Å². The van der Waals surface area contributed by atoms with E-state index in [0.717, 1.165) is 11.1 Å². The lowest BCUT2D eigenvalue weighted by Gasteiger charge is -2.26. The van der Waals surface area contributed by atoms with Crippen molar-refractivity contribution >= 4 is 27.3 Å². The molecule has 0 amide bonds. The van der Waals surface area contributed by atoms with Gasteiger partial charge in [-0.05, 0) is 18.1 Å². The van der Waals surface area contributed by atoms with E-state index in [4.69, 9.17) is 16.3 Å². The van der Waals surface area contributed by atoms with E-state index in [1.807, 2.05) is 60.7 Å². The second kappa shape index (κ2) is 8.63. The number of aryl methyl sites for hydroxylation is 1. The molecule has 0 atom stereocenters. The lowest BCUT2D eigenvalue weighted by Crippen LogP contribution is -2.30. The molecule has 0 saturated carbocycles. The Labute approximate surface area is 170 Å². The van der Waals surface area contributed by atoms with Gasteiger partial charge >= 0.3 is 0 Å². The Bertz CT molecular complexity index is 1040. The SMILES string of the molecule is Cc1nc(Cl)cc(OCc2ccccc2)c1N(Cc1ccccc1)S(C)(=O)=O. The summed E-state index contributed by atoms with van der Waals surface area (Å²) in [7, 11) is -3.59. The largest absolute Gasteiger partial charge is 0.487 e. The minimum atomic E-state index is -3.59. The zero-order valence-electron chi connectivity index (χ0n) is 15.7. The van der Waals surface area contributed by atoms with Crippen molar-refractivity contribution in [1.29, 1.82) is 0 Å². The summed E-state index contributed by atoms with van der Waals surface area (Å²) in [5.74, 6) is 0.378. The molecule has 0 aliphatic heterocycles. The van der Waals surface area contributed by atoms with Crippen LogP contribution >= 0.6 is 11.6 Å². The molecule has 0 bridgehead atoms. The third-order valence-electron chi connectivity index (χ3n) is 4.16. The van der Waals surface area contributed by atoms with Crippen LogP contribution in [0.25, 0.3) is 0 Å². The number of ether oxygens (including phenoxy) is 1. The Kier molecular flexibility index (Phi) is 6.21. The molecule has 0 N–H and O–H groups in total. The van der Waals surface area contributed by atoms with Crippen LogP contribution in [0.4, 0.5) is 5.69 Å². The number of halogens is 1. The monoisotopic (exact) mass is 416 g/mol. The molecular formula is C21H21ClN2O3S. The van der Waals surface area contributed by atoms with Crippen molar-refractivity contribution in [1.82, 2.24) is 4.98 Å². The van der Waals surface area contributed by atoms with Crippen LogP contribution in [-0.2, 0) is 23.2 Å². The molecule has 0 spiro atoms. The highest BCUT2D eigenvalue weighted by Crippen LogP contribution is 2.36. The number of pyridine rings is 1. The summed E-state index contributed by atoms with van der Waals surface area (Å²) in [5, 5.41) is 0.248. The predicted octanol–water partition coefficient (Wildman–Crippen LogP) is 4.59. The molecule has 7 heteroatoms. The standard InChI is InChI=1S/C21H21ClN2O3S/c1-16-21(24(28(2,25)26)14-17-9-5-3-6-10-17)19(13-20(22)23-16)27-15-18-11-7-4-8-12-18/h3-13H,14-15H2,1-2H3. The summed E-state index contributed by atoms with van der Waals surface area (Å²) in [6.45, 7) is 2.18. The number of anilines is 1. The average Bonchev–Trinajstić information content (AvgIpc) is 2.65. The van der Waals surface area contributed by atoms with Crippen molar-refractivity contribution in [2.75, 3.05) is 10.6 Å². The minimum Gasteiger partial charge on any atom is -0.487 e. The Morgan fingerprint density at radius 2 is 1.57 bits per heavy atom. The van der Waals surface area contributed by atoms with Crippen molar-refractivity contribution in [3.8, 4) is 5.75 Å². The van der Waals surface area contributed by atoms with Crippen molar-refractivity contribution in [2.45, 2.75) is 20.1 Å². The van der Waals surface area contributed by atoms with Crippen LogP contribution in [-0.4, -0.2) is 19.7 Å². The van der Waals surface area contributed by atoms with Crippen molar-refractivity contribution < 1.29 is 13.2 Å². The van der Waals surface area contributed by atoms with E-state index < -0.39 is 10.0 Å². The van der Waals surface area contributed by atoms with Gasteiger partial charge in [-0.1, -0.05) is 72.3 Å². The minimum absolute atomic E-state index is 0.172. The molecule has 1 heterocycles. The van der Waals surface area contributed by atoms with Crippen LogP contribution in [0.15, 0.2) is 66.7 Å². The van der Waals surface area contributed by atoms with Crippen molar-refractivity contribution in [3.63, 3.8) is 0 Å². The molecule has 3 aromatic rings. The molecule has 1 aromatic heterocycles. The van der Waals surface area contributed by atoms with Gasteiger partial charge in [0.05, 0.1) is 18.5 Å². The van der Waals surface area contributed by atoms with E-state index in [9.17, 15) is 8.42 Å². The molecule has 28 heavy (non-hydrogen) atoms. The fourth-order valence-corrected chi connectivity index (χ4v) is 4.02. The van der Waals surface area contributed by atoms with Crippen LogP contribution in [0.2, 0.25) is 5.15 Å². The third kappa shape index (κ3) is 5.03. The number of benzene rings is 2. The number of hydrogen-bond acceptors (Lipinski definition) is 4. The van der Waals surface area contributed by atoms with E-state index in [0.29, 0.717) is 17.1 Å². The fourth-order valence-electron chi connectivity index (χ4n) is 2.86. The van der Waals surface area contributed by atoms with Crippen molar-refractivity contribution in [3.05, 3.63) is 88.7 Å². The van der Waals surface area contributed by atoms with Gasteiger partial charge in [0, 0.05) is 6.07 Å². The Balaban J connectivity index is 2.01. The third-order valence-corrected chi connectivity index (χ3v) is 5.46. The van der Waals surface area contributed by atoms with E-state index in [1.54, 1.807) is 13.0 Å². The zero-order chi connectivity index (χ0) is 20.1. The molecule has 146 valence electrons. The van der Waals surface area contributed by atoms with Gasteiger partial charge in [0.1, 0.15) is 23.2 Å². The predicted molar refractivity (Wildman–Crippen MR) is 112 cm³/mol. The van der Waals surface area contributed by atoms with E-state index in [1.165, 1.54) is 10.6 Å². The first kappa shape index (κ1) is 20.2. The number of aromatic nitrogens is 1. The van der Waals surface area contributed by atoms with Crippen LogP contribution in [0.1, 0.15) is 16.8 Å². The molecule has 0 aliphatic rings. The summed E-state index contributed by atoms with van der Waals surface area (Å²) in [6.07, 6.45) is 1.17. The van der Waals surface area contributed by atoms with E-state index in [2.05, 4.69) is 4.98 Å². The highest BCUT2D eigenvalue weighted by atomic mass is 35.5. The smallest absolute Gasteiger partial charge is 0.232 e. The molecule has 0 unspecified atom stereocenters. The summed E-state index contributed by atoms with van der Waals surface area (Å²) in [4.78, 5) is 4.24. The molecule has 5 nitrogen and oxygen atoms in total. The number of hydrogen-bond donors (Lipinski definition) is 0. The Morgan fingerprint density at radius 3 is 2.14 bits per heavy atom. The first-order chi connectivity index (χ1) is 13.3. The average molecular weight is 417 g/mol. The normalized spacial score (nSPS) is 11.2. The van der Waals surface area contributed by atoms with Crippen LogP contribution in [0, 0.1) is 6.92 Å². The van der Waals surface area contributed by atoms with E-state index in [-0.39, 0.29) is 18.3 Å². The van der Waals surface area contributed by atoms with Gasteiger partial charge in [0.25, 0.3) is 0 Å². The summed E-state index contributed by atoms with van der Waals surface area (Å²) in [5.41, 5.74) is 2.70. The first-order valence-electron chi connectivity index (χ1n) is 8.70. The quantitative estimate of drug-likeness (QED) is 0.528. The summed E-state index contributed by atoms with van der Waals surface area (Å²) in [6, 6.07) is 20.6. The van der Waals surface area contributed by atoms with Crippen molar-refractivity contribution in [2.24, 2.45) is 0 Å². The van der Waals surface area contributed by atoms with Gasteiger partial charge in [-0.25, -0.2) is 13.4 Å². The number of nitrogens with zero attached hydrogens (tertiary/aromatic N) is 2. The number of sulfonamides is 1. The number of rotatable bonds is 7. The van der Waals surface area contributed by atoms with Gasteiger partial charge in [-0.3, -0.25) is 4.31 Å². The fraction of sp³-hybridized carbons (Fsp3) is 0.190. The highest BCUT2D eigenvalue weighted by molar-refractivity contribution is 7.92. The first-order valence-corrected chi connectivity index (χ1v) is 10.9. The second-order valence-electron chi connectivity index (χ2n) is 6.41. The Hall–Kier alpha value is -2.57. The zero-order valence-corrected chi connectivity index (χ0v) is 17.2. The van der Waals surface area contributed by atoms with Gasteiger partial charge in [0.2, 0.25) is 10.0 Å². The molecule has 3 rings (SSSR count). The van der Waals surface area contributed by atoms with Crippen LogP contribution < -0.4 is 9.04 Å². The Morgan fingerprint density at radius 1 is 1.00 bits per heavy atom. The van der Waals surface area contributed by atoms with Crippen LogP contribution in [0.3, 0.4) is 0 Å². The van der Waals surface area contributed by atoms with Gasteiger partial charge in [-0.2, -0.15) is 0 Å². The highest BCUT2D eigenvalue weighted by Gasteiger charge is 2.25. The van der Waals surface area contributed by atoms with Gasteiger partial charge in [0.15, 0.2) is 0 Å². The summed E-state index contributed by atoms with van der Waals surface area (Å²) >= 11 is 6.12. The topological polar surface area (TPSA) is 59.5 Å². The maximum absolute atomic E-state index is 12.6. The summed E-state index contributed by atoms with van der Waals surface area (Å²) < 4.78 is 32.5. The molecule has 0 fully saturated rings. The maximum Gasteiger partial charge on any atom is 0.232 e. The second-order valence-corrected chi connectivity index (χ2v) is 8.70. The molecule has 0 saturated heterocycles. The van der Waals surface area contributed by atoms with E-state index >= 15 is 0 Å².